The van der Waals surface area contributed by atoms with Gasteiger partial charge in [-0.15, -0.1) is 0 Å². The fourth-order valence-corrected chi connectivity index (χ4v) is 1.61. The molecule has 0 saturated heterocycles. The Morgan fingerprint density at radius 1 is 1.14 bits per heavy atom. The predicted molar refractivity (Wildman–Crippen MR) is 52.2 cm³/mol. The van der Waals surface area contributed by atoms with Crippen molar-refractivity contribution in [2.24, 2.45) is 0 Å². The third-order valence-electron chi connectivity index (χ3n) is 0.391. The van der Waals surface area contributed by atoms with Gasteiger partial charge in [-0.2, -0.15) is 0 Å². The third-order valence-corrected chi connectivity index (χ3v) is 5.33. The van der Waals surface area contributed by atoms with Crippen molar-refractivity contribution >= 4 is 68.4 Å². The van der Waals surface area contributed by atoms with E-state index in [1.165, 1.54) is 0 Å². The quantitative estimate of drug-likeness (QED) is 0.522. The van der Waals surface area contributed by atoms with Crippen LogP contribution in [0, 0.1) is 0 Å². The van der Waals surface area contributed by atoms with Crippen molar-refractivity contribution in [3.63, 3.8) is 0 Å². The van der Waals surface area contributed by atoms with Crippen molar-refractivity contribution in [2.75, 3.05) is 8.86 Å². The standard InChI is InChI=1S/C3H4Cl2I2/c4-3(5,1-6)2-7/h1-2H2. The number of hydrogen-bond acceptors (Lipinski definition) is 0. The van der Waals surface area contributed by atoms with Gasteiger partial charge in [0.05, 0.1) is 0 Å². The van der Waals surface area contributed by atoms with E-state index in [0.29, 0.717) is 0 Å². The molecule has 0 atom stereocenters. The molecule has 0 aliphatic heterocycles. The molecule has 0 radical (unpaired) electrons. The van der Waals surface area contributed by atoms with E-state index in [1.54, 1.807) is 0 Å². The first-order valence-corrected chi connectivity index (χ1v) is 5.43. The minimum absolute atomic E-state index is 0.499. The molecule has 0 N–H and O–H groups in total. The van der Waals surface area contributed by atoms with E-state index >= 15 is 0 Å². The topological polar surface area (TPSA) is 0 Å². The second-order valence-electron chi connectivity index (χ2n) is 1.12. The molecule has 0 unspecified atom stereocenters. The van der Waals surface area contributed by atoms with E-state index in [0.717, 1.165) is 8.86 Å². The molecule has 0 amide bonds. The third kappa shape index (κ3) is 4.54. The smallest absolute Gasteiger partial charge is 0.0999 e. The summed E-state index contributed by atoms with van der Waals surface area (Å²) in [6.07, 6.45) is 0. The monoisotopic (exact) mass is 364 g/mol. The maximum Gasteiger partial charge on any atom is 0.136 e. The van der Waals surface area contributed by atoms with E-state index < -0.39 is 4.33 Å². The van der Waals surface area contributed by atoms with Crippen molar-refractivity contribution in [2.45, 2.75) is 4.33 Å². The Kier molecular flexibility index (Phi) is 5.11. The largest absolute Gasteiger partial charge is 0.136 e. The van der Waals surface area contributed by atoms with Crippen molar-refractivity contribution in [3.8, 4) is 0 Å². The van der Waals surface area contributed by atoms with Gasteiger partial charge in [0, 0.05) is 8.86 Å². The van der Waals surface area contributed by atoms with Crippen LogP contribution in [0.4, 0.5) is 0 Å². The summed E-state index contributed by atoms with van der Waals surface area (Å²) in [6, 6.07) is 0. The zero-order valence-corrected chi connectivity index (χ0v) is 9.25. The zero-order valence-electron chi connectivity index (χ0n) is 3.43. The minimum Gasteiger partial charge on any atom is -0.0999 e. The first kappa shape index (κ1) is 9.04. The summed E-state index contributed by atoms with van der Waals surface area (Å²) >= 11 is 15.6. The lowest BCUT2D eigenvalue weighted by Crippen LogP contribution is -2.15. The van der Waals surface area contributed by atoms with Crippen molar-refractivity contribution < 1.29 is 0 Å². The molecule has 0 aromatic carbocycles. The summed E-state index contributed by atoms with van der Waals surface area (Å²) in [5.74, 6) is 0. The summed E-state index contributed by atoms with van der Waals surface area (Å²) in [7, 11) is 0. The van der Waals surface area contributed by atoms with Gasteiger partial charge in [0.15, 0.2) is 0 Å². The molecule has 7 heavy (non-hydrogen) atoms. The second kappa shape index (κ2) is 3.95. The maximum absolute atomic E-state index is 5.66. The fraction of sp³-hybridized carbons (Fsp3) is 1.00. The molecule has 0 rings (SSSR count). The summed E-state index contributed by atoms with van der Waals surface area (Å²) in [5, 5.41) is 0. The van der Waals surface area contributed by atoms with Crippen LogP contribution in [0.15, 0.2) is 0 Å². The van der Waals surface area contributed by atoms with Crippen LogP contribution in [0.5, 0.6) is 0 Å². The highest BCUT2D eigenvalue weighted by atomic mass is 127. The van der Waals surface area contributed by atoms with E-state index in [1.807, 2.05) is 0 Å². The number of rotatable bonds is 2. The number of halogens is 4. The van der Waals surface area contributed by atoms with Gasteiger partial charge in [-0.1, -0.05) is 68.4 Å². The average molecular weight is 365 g/mol. The summed E-state index contributed by atoms with van der Waals surface area (Å²) in [5.41, 5.74) is 0. The Morgan fingerprint density at radius 2 is 1.43 bits per heavy atom. The van der Waals surface area contributed by atoms with E-state index in [-0.39, 0.29) is 0 Å². The van der Waals surface area contributed by atoms with E-state index in [4.69, 9.17) is 23.2 Å². The van der Waals surface area contributed by atoms with Gasteiger partial charge in [0.25, 0.3) is 0 Å². The highest BCUT2D eigenvalue weighted by Crippen LogP contribution is 2.25. The van der Waals surface area contributed by atoms with Crippen molar-refractivity contribution in [3.05, 3.63) is 0 Å². The molecule has 0 fully saturated rings. The summed E-state index contributed by atoms with van der Waals surface area (Å²) < 4.78 is 1.08. The first-order valence-electron chi connectivity index (χ1n) is 1.62. The van der Waals surface area contributed by atoms with Crippen LogP contribution in [-0.2, 0) is 0 Å². The Morgan fingerprint density at radius 3 is 1.43 bits per heavy atom. The van der Waals surface area contributed by atoms with Crippen molar-refractivity contribution in [1.82, 2.24) is 0 Å². The Labute approximate surface area is 80.6 Å². The van der Waals surface area contributed by atoms with Crippen LogP contribution in [0.3, 0.4) is 0 Å². The molecule has 0 spiro atoms. The van der Waals surface area contributed by atoms with Crippen molar-refractivity contribution in [1.29, 1.82) is 0 Å². The van der Waals surface area contributed by atoms with Gasteiger partial charge in [-0.05, 0) is 0 Å². The number of alkyl halides is 4. The van der Waals surface area contributed by atoms with Gasteiger partial charge in [-0.3, -0.25) is 0 Å². The van der Waals surface area contributed by atoms with Crippen LogP contribution in [-0.4, -0.2) is 13.2 Å². The molecule has 0 aliphatic rings. The SMILES string of the molecule is ClC(Cl)(CI)CI. The lowest BCUT2D eigenvalue weighted by molar-refractivity contribution is 1.07. The fourth-order valence-electron chi connectivity index (χ4n) is 0.0357. The highest BCUT2D eigenvalue weighted by Gasteiger charge is 2.19. The van der Waals surface area contributed by atoms with Crippen LogP contribution >= 0.6 is 68.4 Å². The molecule has 0 aliphatic carbocycles. The molecule has 0 aromatic rings. The van der Waals surface area contributed by atoms with Crippen LogP contribution < -0.4 is 0 Å². The van der Waals surface area contributed by atoms with Gasteiger partial charge in [0.2, 0.25) is 0 Å². The van der Waals surface area contributed by atoms with Gasteiger partial charge in [-0.25, -0.2) is 0 Å². The van der Waals surface area contributed by atoms with E-state index in [9.17, 15) is 0 Å². The molecule has 44 valence electrons. The molecule has 0 heterocycles. The number of hydrogen-bond donors (Lipinski definition) is 0. The Hall–Kier alpha value is 2.04. The Balaban J connectivity index is 3.36. The van der Waals surface area contributed by atoms with Gasteiger partial charge in [0.1, 0.15) is 4.33 Å². The molecule has 0 aromatic heterocycles. The summed E-state index contributed by atoms with van der Waals surface area (Å²) in [6.45, 7) is 0. The highest BCUT2D eigenvalue weighted by molar-refractivity contribution is 14.1. The molecule has 0 saturated carbocycles. The van der Waals surface area contributed by atoms with Gasteiger partial charge < -0.3 is 0 Å². The van der Waals surface area contributed by atoms with Crippen LogP contribution in [0.1, 0.15) is 0 Å². The average Bonchev–Trinajstić information content (AvgIpc) is 1.68. The summed E-state index contributed by atoms with van der Waals surface area (Å²) in [4.78, 5) is 0. The predicted octanol–water partition coefficient (Wildman–Crippen LogP) is 3.03. The molecule has 0 nitrogen and oxygen atoms in total. The molecule has 0 bridgehead atoms. The molecule has 4 heteroatoms. The maximum atomic E-state index is 5.66. The zero-order chi connectivity index (χ0) is 5.91. The molecular weight excluding hydrogens is 361 g/mol. The lowest BCUT2D eigenvalue weighted by atomic mass is 10.6. The second-order valence-corrected chi connectivity index (χ2v) is 4.29. The molecular formula is C3H4Cl2I2. The first-order chi connectivity index (χ1) is 3.12. The minimum atomic E-state index is -0.499. The van der Waals surface area contributed by atoms with Crippen LogP contribution in [0.2, 0.25) is 0 Å². The van der Waals surface area contributed by atoms with Crippen LogP contribution in [0.25, 0.3) is 0 Å². The lowest BCUT2D eigenvalue weighted by Gasteiger charge is -2.09. The Bertz CT molecular complexity index is 48.9. The van der Waals surface area contributed by atoms with Gasteiger partial charge >= 0.3 is 0 Å². The normalized spacial score (nSPS) is 12.0. The van der Waals surface area contributed by atoms with E-state index in [2.05, 4.69) is 45.2 Å².